The van der Waals surface area contributed by atoms with Crippen molar-refractivity contribution in [3.8, 4) is 28.5 Å². The maximum absolute atomic E-state index is 12.4. The number of anilines is 2. The molecule has 0 unspecified atom stereocenters. The molecule has 0 saturated heterocycles. The molecule has 2 saturated carbocycles. The van der Waals surface area contributed by atoms with E-state index in [2.05, 4.69) is 43.9 Å². The van der Waals surface area contributed by atoms with E-state index in [9.17, 15) is 14.9 Å². The minimum Gasteiger partial charge on any atom is -0.338 e. The molecule has 0 aromatic carbocycles. The summed E-state index contributed by atoms with van der Waals surface area (Å²) in [4.78, 5) is 38.0. The van der Waals surface area contributed by atoms with Crippen molar-refractivity contribution in [2.45, 2.75) is 46.0 Å². The Bertz CT molecular complexity index is 1400. The fraction of sp³-hybridized carbons (Fsp3) is 0.357. The summed E-state index contributed by atoms with van der Waals surface area (Å²) < 4.78 is 0. The van der Waals surface area contributed by atoms with E-state index in [-0.39, 0.29) is 11.9 Å². The smallest absolute Gasteiger partial charge is 0.319 e. The lowest BCUT2D eigenvalue weighted by Crippen LogP contribution is -2.30. The average molecular weight is 496 g/mol. The summed E-state index contributed by atoms with van der Waals surface area (Å²) in [6.45, 7) is 4.80. The zero-order valence-electron chi connectivity index (χ0n) is 21.0. The van der Waals surface area contributed by atoms with Gasteiger partial charge in [0.05, 0.1) is 23.6 Å². The maximum atomic E-state index is 12.4. The summed E-state index contributed by atoms with van der Waals surface area (Å²) in [5.74, 6) is 0.0557. The van der Waals surface area contributed by atoms with Gasteiger partial charge in [-0.3, -0.25) is 14.8 Å². The van der Waals surface area contributed by atoms with Crippen LogP contribution in [0, 0.1) is 29.1 Å². The summed E-state index contributed by atoms with van der Waals surface area (Å²) in [5.41, 5.74) is 4.13. The monoisotopic (exact) mass is 495 g/mol. The minimum atomic E-state index is -0.925. The average Bonchev–Trinajstić information content (AvgIpc) is 3.83. The van der Waals surface area contributed by atoms with Crippen LogP contribution >= 0.6 is 0 Å². The first-order chi connectivity index (χ1) is 17.8. The zero-order chi connectivity index (χ0) is 26.0. The van der Waals surface area contributed by atoms with Gasteiger partial charge in [-0.05, 0) is 80.3 Å². The number of nitrogens with one attached hydrogen (secondary N) is 3. The molecule has 3 aromatic heterocycles. The molecule has 3 heterocycles. The number of pyridine rings is 3. The van der Waals surface area contributed by atoms with Crippen LogP contribution in [-0.4, -0.2) is 33.4 Å². The molecule has 3 N–H and O–H groups in total. The molecule has 0 spiro atoms. The Labute approximate surface area is 215 Å². The predicted octanol–water partition coefficient (Wildman–Crippen LogP) is 5.07. The van der Waals surface area contributed by atoms with Gasteiger partial charge >= 0.3 is 6.03 Å². The predicted molar refractivity (Wildman–Crippen MR) is 140 cm³/mol. The second-order valence-corrected chi connectivity index (χ2v) is 10.3. The number of hydrogen-bond acceptors (Lipinski definition) is 6. The van der Waals surface area contributed by atoms with Gasteiger partial charge in [0.1, 0.15) is 11.2 Å². The van der Waals surface area contributed by atoms with Crippen molar-refractivity contribution < 1.29 is 9.59 Å². The summed E-state index contributed by atoms with van der Waals surface area (Å²) in [7, 11) is 0. The van der Waals surface area contributed by atoms with Crippen LogP contribution in [0.3, 0.4) is 0 Å². The van der Waals surface area contributed by atoms with E-state index in [1.807, 2.05) is 31.2 Å². The van der Waals surface area contributed by atoms with Gasteiger partial charge in [-0.1, -0.05) is 6.92 Å². The highest BCUT2D eigenvalue weighted by Crippen LogP contribution is 2.47. The number of rotatable bonds is 8. The Balaban J connectivity index is 1.30. The summed E-state index contributed by atoms with van der Waals surface area (Å²) >= 11 is 0. The molecule has 2 aliphatic carbocycles. The molecule has 9 heteroatoms. The molecule has 2 fully saturated rings. The number of amides is 3. The van der Waals surface area contributed by atoms with Crippen molar-refractivity contribution >= 4 is 23.4 Å². The molecular weight excluding hydrogens is 466 g/mol. The number of nitrogens with zero attached hydrogens (tertiary/aromatic N) is 4. The molecule has 2 aliphatic rings. The first kappa shape index (κ1) is 24.4. The second-order valence-electron chi connectivity index (χ2n) is 10.3. The number of carbonyl (C=O) groups excluding carboxylic acids is 2. The Morgan fingerprint density at radius 2 is 1.76 bits per heavy atom. The number of hydrogen-bond donors (Lipinski definition) is 3. The third-order valence-electron chi connectivity index (χ3n) is 7.23. The van der Waals surface area contributed by atoms with Crippen molar-refractivity contribution in [1.29, 1.82) is 5.26 Å². The van der Waals surface area contributed by atoms with Crippen molar-refractivity contribution in [1.82, 2.24) is 20.3 Å². The summed E-state index contributed by atoms with van der Waals surface area (Å²) in [5, 5.41) is 17.8. The Morgan fingerprint density at radius 3 is 2.49 bits per heavy atom. The lowest BCUT2D eigenvalue weighted by atomic mass is 10.0. The van der Waals surface area contributed by atoms with Crippen LogP contribution < -0.4 is 16.0 Å². The van der Waals surface area contributed by atoms with Crippen LogP contribution in [0.4, 0.5) is 16.3 Å². The third-order valence-corrected chi connectivity index (χ3v) is 7.23. The van der Waals surface area contributed by atoms with Crippen LogP contribution in [0.25, 0.3) is 22.4 Å². The molecular formula is C28H29N7O2. The highest BCUT2D eigenvalue weighted by atomic mass is 16.2. The van der Waals surface area contributed by atoms with E-state index >= 15 is 0 Å². The highest BCUT2D eigenvalue weighted by molar-refractivity contribution is 5.99. The number of urea groups is 1. The Morgan fingerprint density at radius 1 is 1.00 bits per heavy atom. The number of carbonyl (C=O) groups is 2. The molecule has 37 heavy (non-hydrogen) atoms. The van der Waals surface area contributed by atoms with Crippen LogP contribution in [0.15, 0.2) is 48.9 Å². The van der Waals surface area contributed by atoms with Crippen molar-refractivity contribution in [2.75, 3.05) is 17.2 Å². The third kappa shape index (κ3) is 5.59. The molecule has 3 aromatic rings. The van der Waals surface area contributed by atoms with Gasteiger partial charge in [-0.2, -0.15) is 5.26 Å². The van der Waals surface area contributed by atoms with Gasteiger partial charge < -0.3 is 16.0 Å². The van der Waals surface area contributed by atoms with Crippen molar-refractivity contribution in [3.63, 3.8) is 0 Å². The van der Waals surface area contributed by atoms with E-state index in [1.165, 1.54) is 12.8 Å². The molecule has 0 atom stereocenters. The quantitative estimate of drug-likeness (QED) is 0.400. The Kier molecular flexibility index (Phi) is 6.34. The number of aryl methyl sites for hydroxylation is 1. The minimum absolute atomic E-state index is 0.244. The Hall–Kier alpha value is -4.32. The van der Waals surface area contributed by atoms with E-state index in [0.29, 0.717) is 42.0 Å². The van der Waals surface area contributed by atoms with E-state index in [1.54, 1.807) is 24.7 Å². The SMILES string of the molecule is Cc1ncc(NC(=O)NCCC2(C)CC2)cc1-c1ccnc(-c2ccnc(NC(=O)C3(C#N)CC3)c2)c1. The molecule has 0 bridgehead atoms. The molecule has 3 amide bonds. The topological polar surface area (TPSA) is 133 Å². The van der Waals surface area contributed by atoms with Crippen LogP contribution in [0.2, 0.25) is 0 Å². The molecule has 5 rings (SSSR count). The standard InChI is InChI=1S/C28H29N7O2/c1-18-22(15-21(16-33-18)34-26(37)32-12-9-27(2)5-6-27)19-3-10-30-23(13-19)20-4-11-31-24(14-20)35-25(36)28(17-29)7-8-28/h3-4,10-11,13-16H,5-9,12H2,1-2H3,(H,31,35,36)(H2,32,34,37). The molecule has 9 nitrogen and oxygen atoms in total. The second kappa shape index (κ2) is 9.62. The molecule has 188 valence electrons. The zero-order valence-corrected chi connectivity index (χ0v) is 21.0. The van der Waals surface area contributed by atoms with Crippen LogP contribution in [0.1, 0.15) is 44.7 Å². The van der Waals surface area contributed by atoms with Crippen LogP contribution in [-0.2, 0) is 4.79 Å². The normalized spacial score (nSPS) is 16.2. The van der Waals surface area contributed by atoms with Gasteiger partial charge in [0.25, 0.3) is 0 Å². The first-order valence-electron chi connectivity index (χ1n) is 12.5. The number of nitriles is 1. The number of aromatic nitrogens is 3. The van der Waals surface area contributed by atoms with Gasteiger partial charge in [0, 0.05) is 35.8 Å². The van der Waals surface area contributed by atoms with E-state index < -0.39 is 5.41 Å². The maximum Gasteiger partial charge on any atom is 0.319 e. The lowest BCUT2D eigenvalue weighted by Gasteiger charge is -2.13. The van der Waals surface area contributed by atoms with Gasteiger partial charge in [-0.15, -0.1) is 0 Å². The van der Waals surface area contributed by atoms with Crippen LogP contribution in [0.5, 0.6) is 0 Å². The first-order valence-corrected chi connectivity index (χ1v) is 12.5. The fourth-order valence-electron chi connectivity index (χ4n) is 4.17. The van der Waals surface area contributed by atoms with Crippen molar-refractivity contribution in [3.05, 3.63) is 54.6 Å². The van der Waals surface area contributed by atoms with Crippen molar-refractivity contribution in [2.24, 2.45) is 10.8 Å². The van der Waals surface area contributed by atoms with Gasteiger partial charge in [0.15, 0.2) is 0 Å². The molecule has 0 aliphatic heterocycles. The fourth-order valence-corrected chi connectivity index (χ4v) is 4.17. The highest BCUT2D eigenvalue weighted by Gasteiger charge is 2.50. The summed E-state index contributed by atoms with van der Waals surface area (Å²) in [6, 6.07) is 11.1. The van der Waals surface area contributed by atoms with Gasteiger partial charge in [-0.25, -0.2) is 9.78 Å². The van der Waals surface area contributed by atoms with E-state index in [0.717, 1.165) is 28.8 Å². The molecule has 0 radical (unpaired) electrons. The van der Waals surface area contributed by atoms with Gasteiger partial charge in [0.2, 0.25) is 5.91 Å². The largest absolute Gasteiger partial charge is 0.338 e. The lowest BCUT2D eigenvalue weighted by molar-refractivity contribution is -0.119. The summed E-state index contributed by atoms with van der Waals surface area (Å²) in [6.07, 6.45) is 9.54. The van der Waals surface area contributed by atoms with E-state index in [4.69, 9.17) is 0 Å².